The number of phenols is 1. The lowest BCUT2D eigenvalue weighted by Crippen LogP contribution is -2.12. The van der Waals surface area contributed by atoms with Gasteiger partial charge in [-0.3, -0.25) is 0 Å². The van der Waals surface area contributed by atoms with Crippen LogP contribution >= 0.6 is 0 Å². The molecular weight excluding hydrogens is 150 g/mol. The summed E-state index contributed by atoms with van der Waals surface area (Å²) < 4.78 is 0. The van der Waals surface area contributed by atoms with E-state index >= 15 is 0 Å². The van der Waals surface area contributed by atoms with Crippen molar-refractivity contribution in [2.75, 3.05) is 7.05 Å². The Kier molecular flexibility index (Phi) is 2.71. The number of hydrogen-bond donors (Lipinski definition) is 2. The molecule has 0 bridgehead atoms. The number of hydrogen-bond acceptors (Lipinski definition) is 2. The maximum Gasteiger partial charge on any atom is 0.123 e. The van der Waals surface area contributed by atoms with Crippen molar-refractivity contribution in [1.82, 2.24) is 5.32 Å². The van der Waals surface area contributed by atoms with E-state index in [0.29, 0.717) is 5.75 Å². The van der Waals surface area contributed by atoms with E-state index in [1.54, 1.807) is 0 Å². The molecule has 0 aliphatic carbocycles. The minimum atomic E-state index is 0.199. The molecule has 0 fully saturated rings. The lowest BCUT2D eigenvalue weighted by Gasteiger charge is -2.13. The van der Waals surface area contributed by atoms with Gasteiger partial charge in [0.1, 0.15) is 5.75 Å². The average Bonchev–Trinajstić information content (AvgIpc) is 2.08. The van der Waals surface area contributed by atoms with Crippen molar-refractivity contribution in [3.8, 4) is 5.75 Å². The van der Waals surface area contributed by atoms with Crippen LogP contribution in [0.5, 0.6) is 5.75 Å². The Morgan fingerprint density at radius 2 is 2.08 bits per heavy atom. The molecule has 66 valence electrons. The van der Waals surface area contributed by atoms with Gasteiger partial charge in [0.05, 0.1) is 0 Å². The summed E-state index contributed by atoms with van der Waals surface area (Å²) in [5, 5.41) is 12.7. The first-order chi connectivity index (χ1) is 5.66. The zero-order valence-electron chi connectivity index (χ0n) is 7.76. The van der Waals surface area contributed by atoms with Crippen LogP contribution in [0.25, 0.3) is 0 Å². The van der Waals surface area contributed by atoms with Crippen molar-refractivity contribution < 1.29 is 5.11 Å². The summed E-state index contributed by atoms with van der Waals surface area (Å²) in [7, 11) is 1.88. The average molecular weight is 165 g/mol. The summed E-state index contributed by atoms with van der Waals surface area (Å²) in [5.74, 6) is 0.402. The van der Waals surface area contributed by atoms with Gasteiger partial charge in [-0.1, -0.05) is 18.2 Å². The van der Waals surface area contributed by atoms with Crippen LogP contribution < -0.4 is 5.32 Å². The van der Waals surface area contributed by atoms with Gasteiger partial charge in [0.15, 0.2) is 0 Å². The van der Waals surface area contributed by atoms with Crippen molar-refractivity contribution in [3.05, 3.63) is 29.3 Å². The Bertz CT molecular complexity index is 271. The van der Waals surface area contributed by atoms with Crippen molar-refractivity contribution in [2.45, 2.75) is 19.9 Å². The highest BCUT2D eigenvalue weighted by Gasteiger charge is 2.08. The van der Waals surface area contributed by atoms with Crippen LogP contribution in [0, 0.1) is 6.92 Å². The summed E-state index contributed by atoms with van der Waals surface area (Å²) in [6.45, 7) is 3.93. The molecule has 2 nitrogen and oxygen atoms in total. The van der Waals surface area contributed by atoms with E-state index in [1.165, 1.54) is 0 Å². The smallest absolute Gasteiger partial charge is 0.123 e. The Morgan fingerprint density at radius 1 is 1.42 bits per heavy atom. The molecule has 0 aliphatic rings. The van der Waals surface area contributed by atoms with E-state index in [4.69, 9.17) is 0 Å². The molecule has 2 N–H and O–H groups in total. The van der Waals surface area contributed by atoms with E-state index in [1.807, 2.05) is 39.1 Å². The van der Waals surface area contributed by atoms with E-state index in [2.05, 4.69) is 5.32 Å². The van der Waals surface area contributed by atoms with E-state index < -0.39 is 0 Å². The van der Waals surface area contributed by atoms with E-state index in [0.717, 1.165) is 11.1 Å². The van der Waals surface area contributed by atoms with Gasteiger partial charge in [0.25, 0.3) is 0 Å². The number of benzene rings is 1. The first-order valence-electron chi connectivity index (χ1n) is 4.12. The SMILES string of the molecule is CN[C@H](C)c1cccc(C)c1O. The third-order valence-corrected chi connectivity index (χ3v) is 2.17. The number of aromatic hydroxyl groups is 1. The van der Waals surface area contributed by atoms with Crippen LogP contribution in [0.15, 0.2) is 18.2 Å². The predicted octanol–water partition coefficient (Wildman–Crippen LogP) is 1.98. The van der Waals surface area contributed by atoms with Gasteiger partial charge in [-0.2, -0.15) is 0 Å². The predicted molar refractivity (Wildman–Crippen MR) is 50.3 cm³/mol. The third-order valence-electron chi connectivity index (χ3n) is 2.17. The lowest BCUT2D eigenvalue weighted by molar-refractivity contribution is 0.454. The molecule has 0 radical (unpaired) electrons. The van der Waals surface area contributed by atoms with Gasteiger partial charge in [-0.15, -0.1) is 0 Å². The van der Waals surface area contributed by atoms with E-state index in [-0.39, 0.29) is 6.04 Å². The molecule has 12 heavy (non-hydrogen) atoms. The highest BCUT2D eigenvalue weighted by atomic mass is 16.3. The Balaban J connectivity index is 3.07. The minimum Gasteiger partial charge on any atom is -0.507 e. The van der Waals surface area contributed by atoms with Gasteiger partial charge in [0.2, 0.25) is 0 Å². The summed E-state index contributed by atoms with van der Waals surface area (Å²) in [5.41, 5.74) is 1.88. The number of rotatable bonds is 2. The molecule has 0 unspecified atom stereocenters. The normalized spacial score (nSPS) is 12.9. The zero-order valence-corrected chi connectivity index (χ0v) is 7.76. The fourth-order valence-corrected chi connectivity index (χ4v) is 1.19. The topological polar surface area (TPSA) is 32.3 Å². The molecular formula is C10H15NO. The summed E-state index contributed by atoms with van der Waals surface area (Å²) in [6.07, 6.45) is 0. The number of para-hydroxylation sites is 1. The van der Waals surface area contributed by atoms with Crippen LogP contribution in [0.4, 0.5) is 0 Å². The lowest BCUT2D eigenvalue weighted by atomic mass is 10.0. The summed E-state index contributed by atoms with van der Waals surface area (Å²) >= 11 is 0. The van der Waals surface area contributed by atoms with Crippen molar-refractivity contribution >= 4 is 0 Å². The maximum atomic E-state index is 9.66. The molecule has 1 aromatic carbocycles. The summed E-state index contributed by atoms with van der Waals surface area (Å²) in [6, 6.07) is 5.99. The monoisotopic (exact) mass is 165 g/mol. The third kappa shape index (κ3) is 1.59. The zero-order chi connectivity index (χ0) is 9.14. The van der Waals surface area contributed by atoms with Gasteiger partial charge in [-0.05, 0) is 26.5 Å². The molecule has 0 spiro atoms. The minimum absolute atomic E-state index is 0.199. The van der Waals surface area contributed by atoms with Crippen molar-refractivity contribution in [1.29, 1.82) is 0 Å². The van der Waals surface area contributed by atoms with Crippen LogP contribution in [0.1, 0.15) is 24.1 Å². The number of aryl methyl sites for hydroxylation is 1. The maximum absolute atomic E-state index is 9.66. The molecule has 0 aliphatic heterocycles. The fraction of sp³-hybridized carbons (Fsp3) is 0.400. The van der Waals surface area contributed by atoms with Crippen molar-refractivity contribution in [2.24, 2.45) is 0 Å². The standard InChI is InChI=1S/C10H15NO/c1-7-5-4-6-9(10(7)12)8(2)11-3/h4-6,8,11-12H,1-3H3/t8-/m1/s1. The molecule has 1 rings (SSSR count). The molecule has 0 aromatic heterocycles. The van der Waals surface area contributed by atoms with Crippen LogP contribution in [0.2, 0.25) is 0 Å². The van der Waals surface area contributed by atoms with Crippen LogP contribution in [-0.4, -0.2) is 12.2 Å². The number of nitrogens with one attached hydrogen (secondary N) is 1. The molecule has 2 heteroatoms. The summed E-state index contributed by atoms with van der Waals surface area (Å²) in [4.78, 5) is 0. The van der Waals surface area contributed by atoms with Crippen molar-refractivity contribution in [3.63, 3.8) is 0 Å². The Hall–Kier alpha value is -1.02. The first-order valence-corrected chi connectivity index (χ1v) is 4.12. The van der Waals surface area contributed by atoms with E-state index in [9.17, 15) is 5.11 Å². The van der Waals surface area contributed by atoms with Gasteiger partial charge in [0, 0.05) is 11.6 Å². The molecule has 0 saturated heterocycles. The highest BCUT2D eigenvalue weighted by Crippen LogP contribution is 2.26. The first kappa shape index (κ1) is 9.07. The Labute approximate surface area is 73.2 Å². The second-order valence-corrected chi connectivity index (χ2v) is 3.02. The molecule has 1 atom stereocenters. The Morgan fingerprint density at radius 3 is 2.67 bits per heavy atom. The van der Waals surface area contributed by atoms with Crippen LogP contribution in [-0.2, 0) is 0 Å². The largest absolute Gasteiger partial charge is 0.507 e. The second kappa shape index (κ2) is 3.59. The highest BCUT2D eigenvalue weighted by molar-refractivity contribution is 5.40. The number of phenolic OH excluding ortho intramolecular Hbond substituents is 1. The van der Waals surface area contributed by atoms with Gasteiger partial charge < -0.3 is 10.4 Å². The van der Waals surface area contributed by atoms with Gasteiger partial charge >= 0.3 is 0 Å². The van der Waals surface area contributed by atoms with Gasteiger partial charge in [-0.25, -0.2) is 0 Å². The second-order valence-electron chi connectivity index (χ2n) is 3.02. The van der Waals surface area contributed by atoms with Crippen LogP contribution in [0.3, 0.4) is 0 Å². The quantitative estimate of drug-likeness (QED) is 0.702. The molecule has 0 saturated carbocycles. The molecule has 1 aromatic rings. The fourth-order valence-electron chi connectivity index (χ4n) is 1.19. The molecule has 0 heterocycles. The molecule has 0 amide bonds.